The zero-order valence-electron chi connectivity index (χ0n) is 10.4. The summed E-state index contributed by atoms with van der Waals surface area (Å²) >= 11 is 12.3. The Morgan fingerprint density at radius 1 is 1.35 bits per heavy atom. The first kappa shape index (κ1) is 13.6. The molecule has 5 heteroatoms. The third-order valence-corrected chi connectivity index (χ3v) is 5.15. The molecule has 17 heavy (non-hydrogen) atoms. The molecule has 2 aliphatic rings. The summed E-state index contributed by atoms with van der Waals surface area (Å²) in [6, 6.07) is 0. The van der Waals surface area contributed by atoms with E-state index < -0.39 is 18.1 Å². The van der Waals surface area contributed by atoms with Crippen LogP contribution in [0.3, 0.4) is 0 Å². The van der Waals surface area contributed by atoms with E-state index in [2.05, 4.69) is 25.7 Å². The van der Waals surface area contributed by atoms with Gasteiger partial charge in [0, 0.05) is 0 Å². The number of hydrogen-bond donors (Lipinski definition) is 0. The van der Waals surface area contributed by atoms with Crippen LogP contribution in [-0.2, 0) is 9.22 Å². The lowest BCUT2D eigenvalue weighted by Crippen LogP contribution is -2.71. The Bertz CT molecular complexity index is 373. The zero-order chi connectivity index (χ0) is 12.9. The molecule has 2 nitrogen and oxygen atoms in total. The second-order valence-electron chi connectivity index (χ2n) is 5.93. The first-order chi connectivity index (χ1) is 7.70. The zero-order valence-corrected chi connectivity index (χ0v) is 12.9. The molecule has 0 heterocycles. The fourth-order valence-corrected chi connectivity index (χ4v) is 4.82. The molecule has 0 bridgehead atoms. The van der Waals surface area contributed by atoms with E-state index in [4.69, 9.17) is 27.6 Å². The lowest BCUT2D eigenvalue weighted by molar-refractivity contribution is -0.156. The largest absolute Gasteiger partial charge is 0.410 e. The van der Waals surface area contributed by atoms with Crippen LogP contribution in [0.4, 0.5) is 0 Å². The van der Waals surface area contributed by atoms with Crippen LogP contribution in [0.2, 0.25) is 19.6 Å². The predicted molar refractivity (Wildman–Crippen MR) is 73.1 cm³/mol. The van der Waals surface area contributed by atoms with E-state index in [1.54, 1.807) is 0 Å². The van der Waals surface area contributed by atoms with Gasteiger partial charge in [0.2, 0.25) is 4.33 Å². The van der Waals surface area contributed by atoms with Gasteiger partial charge in [-0.2, -0.15) is 0 Å². The smallest absolute Gasteiger partial charge is 0.202 e. The van der Waals surface area contributed by atoms with Crippen molar-refractivity contribution in [1.82, 2.24) is 0 Å². The molecule has 2 unspecified atom stereocenters. The summed E-state index contributed by atoms with van der Waals surface area (Å²) in [4.78, 5) is 12.2. The summed E-state index contributed by atoms with van der Waals surface area (Å²) in [5.74, 6) is -0.0547. The van der Waals surface area contributed by atoms with E-state index in [-0.39, 0.29) is 11.9 Å². The Morgan fingerprint density at radius 3 is 2.47 bits per heavy atom. The molecule has 96 valence electrons. The van der Waals surface area contributed by atoms with Crippen molar-refractivity contribution in [2.24, 2.45) is 5.41 Å². The minimum Gasteiger partial charge on any atom is -0.410 e. The van der Waals surface area contributed by atoms with E-state index in [1.807, 2.05) is 6.08 Å². The molecule has 1 saturated carbocycles. The normalized spacial score (nSPS) is 36.1. The SMILES string of the molecule is C[Si](C)(C)OC1C(Cl)(Cl)C(=O)C12CC=CCC2. The topological polar surface area (TPSA) is 26.3 Å². The number of alkyl halides is 2. The molecule has 2 atom stereocenters. The lowest BCUT2D eigenvalue weighted by atomic mass is 9.58. The Labute approximate surface area is 113 Å². The summed E-state index contributed by atoms with van der Waals surface area (Å²) in [6.07, 6.45) is 6.22. The van der Waals surface area contributed by atoms with Gasteiger partial charge in [-0.1, -0.05) is 35.4 Å². The molecule has 2 rings (SSSR count). The van der Waals surface area contributed by atoms with Crippen LogP contribution in [0, 0.1) is 5.41 Å². The number of halogens is 2. The molecule has 0 amide bonds. The van der Waals surface area contributed by atoms with Gasteiger partial charge in [-0.3, -0.25) is 4.79 Å². The molecule has 0 aliphatic heterocycles. The maximum atomic E-state index is 12.2. The highest BCUT2D eigenvalue weighted by Gasteiger charge is 2.70. The van der Waals surface area contributed by atoms with Crippen LogP contribution in [0.5, 0.6) is 0 Å². The average molecular weight is 293 g/mol. The molecule has 0 N–H and O–H groups in total. The van der Waals surface area contributed by atoms with E-state index in [0.29, 0.717) is 6.42 Å². The van der Waals surface area contributed by atoms with Gasteiger partial charge < -0.3 is 4.43 Å². The fraction of sp³-hybridized carbons (Fsp3) is 0.750. The summed E-state index contributed by atoms with van der Waals surface area (Å²) in [5.41, 5.74) is -0.460. The van der Waals surface area contributed by atoms with E-state index in [0.717, 1.165) is 12.8 Å². The van der Waals surface area contributed by atoms with Gasteiger partial charge in [-0.15, -0.1) is 0 Å². The highest BCUT2D eigenvalue weighted by atomic mass is 35.5. The van der Waals surface area contributed by atoms with Crippen LogP contribution < -0.4 is 0 Å². The van der Waals surface area contributed by atoms with Crippen molar-refractivity contribution in [2.75, 3.05) is 0 Å². The molecule has 1 fully saturated rings. The number of carbonyl (C=O) groups excluding carboxylic acids is 1. The second kappa shape index (κ2) is 4.09. The molecule has 0 radical (unpaired) electrons. The lowest BCUT2D eigenvalue weighted by Gasteiger charge is -2.57. The standard InChI is InChI=1S/C12H18Cl2O2Si/c1-17(2,3)16-10-11(7-5-4-6-8-11)9(15)12(10,13)14/h4-5,10H,6-8H2,1-3H3. The van der Waals surface area contributed by atoms with Crippen LogP contribution in [0.15, 0.2) is 12.2 Å². The van der Waals surface area contributed by atoms with Crippen LogP contribution in [0.25, 0.3) is 0 Å². The van der Waals surface area contributed by atoms with Gasteiger partial charge in [0.1, 0.15) is 0 Å². The van der Waals surface area contributed by atoms with Gasteiger partial charge in [-0.25, -0.2) is 0 Å². The van der Waals surface area contributed by atoms with Crippen molar-refractivity contribution in [3.05, 3.63) is 12.2 Å². The molecular weight excluding hydrogens is 275 g/mol. The number of rotatable bonds is 2. The summed E-state index contributed by atoms with van der Waals surface area (Å²) in [6.45, 7) is 6.27. The van der Waals surface area contributed by atoms with Crippen molar-refractivity contribution >= 4 is 37.3 Å². The number of hydrogen-bond acceptors (Lipinski definition) is 2. The van der Waals surface area contributed by atoms with E-state index in [9.17, 15) is 4.79 Å². The molecule has 2 aliphatic carbocycles. The number of ketones is 1. The fourth-order valence-electron chi connectivity index (χ4n) is 2.68. The van der Waals surface area contributed by atoms with Crippen LogP contribution in [0.1, 0.15) is 19.3 Å². The minimum atomic E-state index is -1.76. The highest BCUT2D eigenvalue weighted by Crippen LogP contribution is 2.59. The Hall–Kier alpha value is 0.167. The summed E-state index contributed by atoms with van der Waals surface area (Å²) < 4.78 is 4.73. The van der Waals surface area contributed by atoms with Crippen molar-refractivity contribution in [2.45, 2.75) is 49.3 Å². The first-order valence-corrected chi connectivity index (χ1v) is 10.1. The van der Waals surface area contributed by atoms with Gasteiger partial charge in [0.25, 0.3) is 0 Å². The Balaban J connectivity index is 2.26. The van der Waals surface area contributed by atoms with Crippen molar-refractivity contribution in [3.8, 4) is 0 Å². The van der Waals surface area contributed by atoms with Crippen LogP contribution in [-0.4, -0.2) is 24.5 Å². The third kappa shape index (κ3) is 2.12. The van der Waals surface area contributed by atoms with Crippen molar-refractivity contribution < 1.29 is 9.22 Å². The molecule has 1 spiro atoms. The Morgan fingerprint density at radius 2 is 2.00 bits per heavy atom. The van der Waals surface area contributed by atoms with Crippen LogP contribution >= 0.6 is 23.2 Å². The summed E-state index contributed by atoms with van der Waals surface area (Å²) in [7, 11) is -1.76. The maximum absolute atomic E-state index is 12.2. The maximum Gasteiger partial charge on any atom is 0.202 e. The minimum absolute atomic E-state index is 0.0547. The first-order valence-electron chi connectivity index (χ1n) is 5.96. The quantitative estimate of drug-likeness (QED) is 0.441. The predicted octanol–water partition coefficient (Wildman–Crippen LogP) is 3.69. The number of allylic oxidation sites excluding steroid dienone is 2. The van der Waals surface area contributed by atoms with Gasteiger partial charge in [-0.05, 0) is 38.9 Å². The van der Waals surface area contributed by atoms with Gasteiger partial charge in [0.15, 0.2) is 14.1 Å². The monoisotopic (exact) mass is 292 g/mol. The van der Waals surface area contributed by atoms with Gasteiger partial charge >= 0.3 is 0 Å². The van der Waals surface area contributed by atoms with E-state index >= 15 is 0 Å². The van der Waals surface area contributed by atoms with Crippen molar-refractivity contribution in [3.63, 3.8) is 0 Å². The molecule has 0 aromatic rings. The molecule has 0 saturated heterocycles. The number of Topliss-reactive ketones (excluding diaryl/α,β-unsaturated/α-hetero) is 1. The highest BCUT2D eigenvalue weighted by molar-refractivity contribution is 6.70. The third-order valence-electron chi connectivity index (χ3n) is 3.46. The van der Waals surface area contributed by atoms with Gasteiger partial charge in [0.05, 0.1) is 11.5 Å². The molecule has 0 aromatic carbocycles. The molecular formula is C12H18Cl2O2Si. The number of carbonyl (C=O) groups is 1. The van der Waals surface area contributed by atoms with E-state index in [1.165, 1.54) is 0 Å². The Kier molecular flexibility index (Phi) is 3.27. The summed E-state index contributed by atoms with van der Waals surface area (Å²) in [5, 5.41) is 0. The molecule has 0 aromatic heterocycles. The average Bonchev–Trinajstić information content (AvgIpc) is 2.25. The van der Waals surface area contributed by atoms with Crippen molar-refractivity contribution in [1.29, 1.82) is 0 Å². The second-order valence-corrected chi connectivity index (χ2v) is 11.8.